The van der Waals surface area contributed by atoms with Gasteiger partial charge in [-0.2, -0.15) is 0 Å². The smallest absolute Gasteiger partial charge is 0.323 e. The lowest BCUT2D eigenvalue weighted by Gasteiger charge is -2.04. The predicted molar refractivity (Wildman–Crippen MR) is 55.6 cm³/mol. The van der Waals surface area contributed by atoms with Crippen LogP contribution in [0.5, 0.6) is 0 Å². The second kappa shape index (κ2) is 5.33. The summed E-state index contributed by atoms with van der Waals surface area (Å²) in [5, 5.41) is 2.96. The van der Waals surface area contributed by atoms with Crippen molar-refractivity contribution in [3.63, 3.8) is 0 Å². The maximum Gasteiger partial charge on any atom is 0.323 e. The van der Waals surface area contributed by atoms with E-state index in [2.05, 4.69) is 5.32 Å². The molecular weight excluding hydrogens is 218 g/mol. The maximum absolute atomic E-state index is 11.0. The molecule has 0 radical (unpaired) electrons. The highest BCUT2D eigenvalue weighted by Gasteiger charge is 2.10. The van der Waals surface area contributed by atoms with Gasteiger partial charge in [-0.25, -0.2) is 5.84 Å². The molecule has 5 nitrogen and oxygen atoms in total. The van der Waals surface area contributed by atoms with E-state index in [0.29, 0.717) is 5.02 Å². The lowest BCUT2D eigenvalue weighted by atomic mass is 10.2. The molecule has 15 heavy (non-hydrogen) atoms. The molecular formula is C9H10ClN3O2. The minimum Gasteiger partial charge on any atom is -0.344 e. The van der Waals surface area contributed by atoms with Crippen molar-refractivity contribution >= 4 is 23.4 Å². The molecule has 1 aromatic rings. The van der Waals surface area contributed by atoms with Gasteiger partial charge in [-0.05, 0) is 17.7 Å². The minimum atomic E-state index is -0.878. The Morgan fingerprint density at radius 3 is 2.67 bits per heavy atom. The summed E-state index contributed by atoms with van der Waals surface area (Å²) in [6.45, 7) is 0.229. The lowest BCUT2D eigenvalue weighted by molar-refractivity contribution is -0.139. The van der Waals surface area contributed by atoms with Crippen LogP contribution in [0.1, 0.15) is 5.56 Å². The SMILES string of the molecule is NNC(=O)C(=O)NCc1cccc(Cl)c1. The topological polar surface area (TPSA) is 84.2 Å². The number of rotatable bonds is 2. The highest BCUT2D eigenvalue weighted by atomic mass is 35.5. The number of nitrogens with two attached hydrogens (primary N) is 1. The Labute approximate surface area is 91.6 Å². The summed E-state index contributed by atoms with van der Waals surface area (Å²) in [5.74, 6) is 3.13. The zero-order valence-electron chi connectivity index (χ0n) is 7.79. The molecule has 0 heterocycles. The van der Waals surface area contributed by atoms with E-state index in [9.17, 15) is 9.59 Å². The molecule has 0 saturated carbocycles. The van der Waals surface area contributed by atoms with Crippen molar-refractivity contribution in [1.82, 2.24) is 10.7 Å². The summed E-state index contributed by atoms with van der Waals surface area (Å²) < 4.78 is 0. The summed E-state index contributed by atoms with van der Waals surface area (Å²) in [7, 11) is 0. The van der Waals surface area contributed by atoms with E-state index in [0.717, 1.165) is 5.56 Å². The first-order valence-electron chi connectivity index (χ1n) is 4.16. The number of halogens is 1. The molecule has 0 aliphatic carbocycles. The van der Waals surface area contributed by atoms with E-state index in [-0.39, 0.29) is 6.54 Å². The highest BCUT2D eigenvalue weighted by Crippen LogP contribution is 2.09. The zero-order valence-corrected chi connectivity index (χ0v) is 8.54. The van der Waals surface area contributed by atoms with Gasteiger partial charge in [0.2, 0.25) is 0 Å². The van der Waals surface area contributed by atoms with E-state index in [1.807, 2.05) is 0 Å². The van der Waals surface area contributed by atoms with Gasteiger partial charge in [-0.15, -0.1) is 0 Å². The Balaban J connectivity index is 2.50. The van der Waals surface area contributed by atoms with Crippen LogP contribution in [0.2, 0.25) is 5.02 Å². The molecule has 0 aliphatic rings. The molecule has 0 aliphatic heterocycles. The molecule has 6 heteroatoms. The van der Waals surface area contributed by atoms with Gasteiger partial charge < -0.3 is 5.32 Å². The average molecular weight is 228 g/mol. The van der Waals surface area contributed by atoms with Crippen molar-refractivity contribution in [3.05, 3.63) is 34.9 Å². The van der Waals surface area contributed by atoms with Crippen molar-refractivity contribution in [2.75, 3.05) is 0 Å². The third-order valence-corrected chi connectivity index (χ3v) is 1.91. The molecule has 0 spiro atoms. The standard InChI is InChI=1S/C9H10ClN3O2/c10-7-3-1-2-6(4-7)5-12-8(14)9(15)13-11/h1-4H,5,11H2,(H,12,14)(H,13,15). The number of carbonyl (C=O) groups is 2. The maximum atomic E-state index is 11.0. The van der Waals surface area contributed by atoms with Crippen molar-refractivity contribution in [2.24, 2.45) is 5.84 Å². The van der Waals surface area contributed by atoms with Crippen molar-refractivity contribution < 1.29 is 9.59 Å². The summed E-state index contributed by atoms with van der Waals surface area (Å²) in [6.07, 6.45) is 0. The van der Waals surface area contributed by atoms with E-state index in [1.54, 1.807) is 29.7 Å². The number of benzene rings is 1. The van der Waals surface area contributed by atoms with Gasteiger partial charge in [0, 0.05) is 11.6 Å². The van der Waals surface area contributed by atoms with Crippen LogP contribution in [0.25, 0.3) is 0 Å². The molecule has 1 rings (SSSR count). The molecule has 1 aromatic carbocycles. The number of carbonyl (C=O) groups excluding carboxylic acids is 2. The van der Waals surface area contributed by atoms with Crippen molar-refractivity contribution in [1.29, 1.82) is 0 Å². The first kappa shape index (κ1) is 11.5. The quantitative estimate of drug-likeness (QED) is 0.287. The second-order valence-electron chi connectivity index (χ2n) is 2.79. The van der Waals surface area contributed by atoms with Gasteiger partial charge in [0.05, 0.1) is 0 Å². The molecule has 2 amide bonds. The Hall–Kier alpha value is -1.59. The number of hydrogen-bond acceptors (Lipinski definition) is 3. The highest BCUT2D eigenvalue weighted by molar-refractivity contribution is 6.34. The van der Waals surface area contributed by atoms with Gasteiger partial charge >= 0.3 is 11.8 Å². The summed E-state index contributed by atoms with van der Waals surface area (Å²) >= 11 is 5.74. The molecule has 0 saturated heterocycles. The van der Waals surface area contributed by atoms with Crippen LogP contribution in [0.3, 0.4) is 0 Å². The van der Waals surface area contributed by atoms with Crippen molar-refractivity contribution in [2.45, 2.75) is 6.54 Å². The normalized spacial score (nSPS) is 9.47. The molecule has 0 fully saturated rings. The molecule has 0 aromatic heterocycles. The Morgan fingerprint density at radius 2 is 2.07 bits per heavy atom. The van der Waals surface area contributed by atoms with E-state index in [1.165, 1.54) is 0 Å². The Bertz CT molecular complexity index is 381. The predicted octanol–water partition coefficient (Wildman–Crippen LogP) is -0.0539. The number of hydrazine groups is 1. The first-order valence-corrected chi connectivity index (χ1v) is 4.54. The fourth-order valence-electron chi connectivity index (χ4n) is 0.975. The van der Waals surface area contributed by atoms with Crippen LogP contribution in [0.4, 0.5) is 0 Å². The van der Waals surface area contributed by atoms with Crippen LogP contribution in [0.15, 0.2) is 24.3 Å². The van der Waals surface area contributed by atoms with Gasteiger partial charge in [-0.1, -0.05) is 23.7 Å². The van der Waals surface area contributed by atoms with Crippen LogP contribution < -0.4 is 16.6 Å². The lowest BCUT2D eigenvalue weighted by Crippen LogP contribution is -2.42. The van der Waals surface area contributed by atoms with Crippen LogP contribution in [-0.2, 0) is 16.1 Å². The molecule has 0 bridgehead atoms. The van der Waals surface area contributed by atoms with Crippen LogP contribution >= 0.6 is 11.6 Å². The fraction of sp³-hybridized carbons (Fsp3) is 0.111. The third-order valence-electron chi connectivity index (χ3n) is 1.68. The summed E-state index contributed by atoms with van der Waals surface area (Å²) in [6, 6.07) is 6.96. The van der Waals surface area contributed by atoms with E-state index in [4.69, 9.17) is 17.4 Å². The molecule has 0 unspecified atom stereocenters. The number of amides is 2. The Kier molecular flexibility index (Phi) is 4.08. The van der Waals surface area contributed by atoms with Gasteiger partial charge in [0.25, 0.3) is 0 Å². The van der Waals surface area contributed by atoms with Gasteiger partial charge in [0.15, 0.2) is 0 Å². The largest absolute Gasteiger partial charge is 0.344 e. The average Bonchev–Trinajstić information content (AvgIpc) is 2.25. The zero-order chi connectivity index (χ0) is 11.3. The first-order chi connectivity index (χ1) is 7.13. The van der Waals surface area contributed by atoms with E-state index >= 15 is 0 Å². The summed E-state index contributed by atoms with van der Waals surface area (Å²) in [5.41, 5.74) is 2.54. The number of hydrogen-bond donors (Lipinski definition) is 3. The molecule has 0 atom stereocenters. The minimum absolute atomic E-state index is 0.229. The van der Waals surface area contributed by atoms with Crippen LogP contribution in [0, 0.1) is 0 Å². The number of nitrogens with one attached hydrogen (secondary N) is 2. The summed E-state index contributed by atoms with van der Waals surface area (Å²) in [4.78, 5) is 21.7. The monoisotopic (exact) mass is 227 g/mol. The molecule has 4 N–H and O–H groups in total. The van der Waals surface area contributed by atoms with Gasteiger partial charge in [-0.3, -0.25) is 15.0 Å². The Morgan fingerprint density at radius 1 is 1.33 bits per heavy atom. The van der Waals surface area contributed by atoms with E-state index < -0.39 is 11.8 Å². The molecule has 80 valence electrons. The van der Waals surface area contributed by atoms with Gasteiger partial charge in [0.1, 0.15) is 0 Å². The third kappa shape index (κ3) is 3.57. The second-order valence-corrected chi connectivity index (χ2v) is 3.22. The fourth-order valence-corrected chi connectivity index (χ4v) is 1.19. The van der Waals surface area contributed by atoms with Crippen molar-refractivity contribution in [3.8, 4) is 0 Å². The van der Waals surface area contributed by atoms with Crippen LogP contribution in [-0.4, -0.2) is 11.8 Å².